The second-order valence-corrected chi connectivity index (χ2v) is 4.59. The Labute approximate surface area is 125 Å². The molecule has 1 aromatic rings. The fourth-order valence-corrected chi connectivity index (χ4v) is 2.08. The monoisotopic (exact) mass is 310 g/mol. The minimum Gasteiger partial charge on any atom is -0.505 e. The number of benzene rings is 1. The summed E-state index contributed by atoms with van der Waals surface area (Å²) in [5, 5.41) is 20.8. The van der Waals surface area contributed by atoms with Crippen molar-refractivity contribution in [3.8, 4) is 5.75 Å². The first-order valence-electron chi connectivity index (χ1n) is 6.45. The molecule has 1 amide bonds. The number of ether oxygens (including phenoxy) is 1. The van der Waals surface area contributed by atoms with Crippen LogP contribution in [0.15, 0.2) is 29.5 Å². The van der Waals surface area contributed by atoms with Crippen molar-refractivity contribution in [1.82, 2.24) is 4.90 Å². The van der Waals surface area contributed by atoms with Gasteiger partial charge in [0.15, 0.2) is 11.6 Å². The Morgan fingerprint density at radius 1 is 1.50 bits per heavy atom. The maximum Gasteiger partial charge on any atom is 0.337 e. The number of aromatic hydroxyl groups is 1. The van der Waals surface area contributed by atoms with E-state index in [9.17, 15) is 14.0 Å². The molecular formula is C14H15FN2O5. The average molecular weight is 310 g/mol. The van der Waals surface area contributed by atoms with E-state index >= 15 is 0 Å². The van der Waals surface area contributed by atoms with Gasteiger partial charge in [-0.2, -0.15) is 0 Å². The highest BCUT2D eigenvalue weighted by molar-refractivity contribution is 6.08. The number of nitrogens with one attached hydrogen (secondary N) is 1. The number of phenols is 1. The molecule has 7 nitrogen and oxygen atoms in total. The Morgan fingerprint density at radius 3 is 2.82 bits per heavy atom. The highest BCUT2D eigenvalue weighted by Gasteiger charge is 2.34. The number of anilines is 1. The van der Waals surface area contributed by atoms with Crippen molar-refractivity contribution < 1.29 is 28.9 Å². The first kappa shape index (κ1) is 15.8. The molecule has 1 aromatic carbocycles. The van der Waals surface area contributed by atoms with Crippen molar-refractivity contribution in [2.24, 2.45) is 0 Å². The molecule has 0 saturated heterocycles. The summed E-state index contributed by atoms with van der Waals surface area (Å²) >= 11 is 0. The van der Waals surface area contributed by atoms with Gasteiger partial charge in [-0.1, -0.05) is 0 Å². The van der Waals surface area contributed by atoms with Crippen LogP contribution in [0.4, 0.5) is 10.1 Å². The molecule has 1 aliphatic rings. The molecule has 0 spiro atoms. The predicted octanol–water partition coefficient (Wildman–Crippen LogP) is 0.205. The second-order valence-electron chi connectivity index (χ2n) is 4.59. The fourth-order valence-electron chi connectivity index (χ4n) is 2.08. The normalized spacial score (nSPS) is 14.5. The summed E-state index contributed by atoms with van der Waals surface area (Å²) in [6, 6.07) is 3.49. The van der Waals surface area contributed by atoms with Gasteiger partial charge in [-0.15, -0.1) is 0 Å². The summed E-state index contributed by atoms with van der Waals surface area (Å²) < 4.78 is 18.0. The van der Waals surface area contributed by atoms with E-state index < -0.39 is 23.4 Å². The molecule has 22 heavy (non-hydrogen) atoms. The molecule has 118 valence electrons. The largest absolute Gasteiger partial charge is 0.505 e. The molecule has 0 saturated carbocycles. The maximum atomic E-state index is 13.3. The lowest BCUT2D eigenvalue weighted by molar-refractivity contribution is -0.136. The summed E-state index contributed by atoms with van der Waals surface area (Å²) in [5.41, 5.74) is 0.255. The molecular weight excluding hydrogens is 295 g/mol. The van der Waals surface area contributed by atoms with Gasteiger partial charge >= 0.3 is 5.97 Å². The van der Waals surface area contributed by atoms with Crippen LogP contribution in [0.25, 0.3) is 0 Å². The molecule has 8 heteroatoms. The number of halogens is 1. The van der Waals surface area contributed by atoms with E-state index in [-0.39, 0.29) is 36.7 Å². The Bertz CT molecular complexity index is 644. The zero-order valence-corrected chi connectivity index (χ0v) is 11.8. The standard InChI is InChI=1S/C14H15FN2O5/c1-22-14(21)9-7-17(4-5-18)13(20)12(9)16-8-2-3-11(19)10(15)6-8/h2-3,6,16,18-19H,4-5,7H2,1H3. The van der Waals surface area contributed by atoms with E-state index in [2.05, 4.69) is 10.1 Å². The molecule has 0 bridgehead atoms. The van der Waals surface area contributed by atoms with Crippen LogP contribution in [-0.4, -0.2) is 53.8 Å². The van der Waals surface area contributed by atoms with Crippen LogP contribution in [0.3, 0.4) is 0 Å². The minimum atomic E-state index is -0.858. The van der Waals surface area contributed by atoms with E-state index in [1.165, 1.54) is 18.1 Å². The lowest BCUT2D eigenvalue weighted by atomic mass is 10.2. The van der Waals surface area contributed by atoms with Crippen molar-refractivity contribution in [2.45, 2.75) is 0 Å². The molecule has 0 radical (unpaired) electrons. The first-order chi connectivity index (χ1) is 10.5. The van der Waals surface area contributed by atoms with Gasteiger partial charge in [-0.05, 0) is 12.1 Å². The Hall–Kier alpha value is -2.61. The lowest BCUT2D eigenvalue weighted by Crippen LogP contribution is -2.31. The number of nitrogens with zero attached hydrogens (tertiary/aromatic N) is 1. The zero-order valence-electron chi connectivity index (χ0n) is 11.8. The van der Waals surface area contributed by atoms with Crippen molar-refractivity contribution >= 4 is 17.6 Å². The molecule has 0 aromatic heterocycles. The highest BCUT2D eigenvalue weighted by Crippen LogP contribution is 2.25. The van der Waals surface area contributed by atoms with Crippen LogP contribution in [0.2, 0.25) is 0 Å². The van der Waals surface area contributed by atoms with Crippen LogP contribution in [0.1, 0.15) is 0 Å². The summed E-state index contributed by atoms with van der Waals surface area (Å²) in [7, 11) is 1.19. The summed E-state index contributed by atoms with van der Waals surface area (Å²) in [6.07, 6.45) is 0. The molecule has 0 fully saturated rings. The van der Waals surface area contributed by atoms with Crippen molar-refractivity contribution in [2.75, 3.05) is 32.1 Å². The number of carbonyl (C=O) groups is 2. The quantitative estimate of drug-likeness (QED) is 0.531. The summed E-state index contributed by atoms with van der Waals surface area (Å²) in [6.45, 7) is -0.190. The number of esters is 1. The molecule has 2 rings (SSSR count). The van der Waals surface area contributed by atoms with Crippen LogP contribution in [-0.2, 0) is 14.3 Å². The number of aliphatic hydroxyl groups is 1. The third kappa shape index (κ3) is 3.01. The second kappa shape index (κ2) is 6.44. The predicted molar refractivity (Wildman–Crippen MR) is 74.4 cm³/mol. The van der Waals surface area contributed by atoms with Gasteiger partial charge in [-0.25, -0.2) is 9.18 Å². The van der Waals surface area contributed by atoms with Gasteiger partial charge in [-0.3, -0.25) is 4.79 Å². The fraction of sp³-hybridized carbons (Fsp3) is 0.286. The maximum absolute atomic E-state index is 13.3. The van der Waals surface area contributed by atoms with Crippen molar-refractivity contribution in [3.63, 3.8) is 0 Å². The topological polar surface area (TPSA) is 99.1 Å². The number of amides is 1. The average Bonchev–Trinajstić information content (AvgIpc) is 2.80. The van der Waals surface area contributed by atoms with E-state index in [4.69, 9.17) is 10.2 Å². The van der Waals surface area contributed by atoms with Gasteiger partial charge in [0, 0.05) is 18.3 Å². The number of aliphatic hydroxyl groups excluding tert-OH is 1. The number of phenolic OH excluding ortho intramolecular Hbond substituents is 1. The Morgan fingerprint density at radius 2 is 2.23 bits per heavy atom. The smallest absolute Gasteiger partial charge is 0.337 e. The Kier molecular flexibility index (Phi) is 4.62. The van der Waals surface area contributed by atoms with E-state index in [0.29, 0.717) is 0 Å². The molecule has 0 aliphatic carbocycles. The van der Waals surface area contributed by atoms with Crippen LogP contribution < -0.4 is 5.32 Å². The number of rotatable bonds is 5. The molecule has 1 heterocycles. The van der Waals surface area contributed by atoms with E-state index in [0.717, 1.165) is 12.1 Å². The van der Waals surface area contributed by atoms with Gasteiger partial charge in [0.25, 0.3) is 5.91 Å². The number of β-amino-alcohol motifs (C(OH)–C–C–N with tert-alkyl or cyclic N) is 1. The number of hydrogen-bond acceptors (Lipinski definition) is 6. The molecule has 1 aliphatic heterocycles. The van der Waals surface area contributed by atoms with Gasteiger partial charge in [0.1, 0.15) is 5.70 Å². The highest BCUT2D eigenvalue weighted by atomic mass is 19.1. The third-order valence-electron chi connectivity index (χ3n) is 3.17. The van der Waals surface area contributed by atoms with E-state index in [1.807, 2.05) is 0 Å². The van der Waals surface area contributed by atoms with Crippen LogP contribution in [0.5, 0.6) is 5.75 Å². The lowest BCUT2D eigenvalue weighted by Gasteiger charge is -2.15. The summed E-state index contributed by atoms with van der Waals surface area (Å²) in [5.74, 6) is -2.56. The van der Waals surface area contributed by atoms with E-state index in [1.54, 1.807) is 0 Å². The molecule has 0 atom stereocenters. The SMILES string of the molecule is COC(=O)C1=C(Nc2ccc(O)c(F)c2)C(=O)N(CCO)C1. The summed E-state index contributed by atoms with van der Waals surface area (Å²) in [4.78, 5) is 25.3. The number of methoxy groups -OCH3 is 1. The Balaban J connectivity index is 2.32. The number of carbonyl (C=O) groups excluding carboxylic acids is 2. The molecule has 3 N–H and O–H groups in total. The molecule has 0 unspecified atom stereocenters. The van der Waals surface area contributed by atoms with Crippen molar-refractivity contribution in [1.29, 1.82) is 0 Å². The third-order valence-corrected chi connectivity index (χ3v) is 3.17. The van der Waals surface area contributed by atoms with Gasteiger partial charge < -0.3 is 25.2 Å². The number of hydrogen-bond donors (Lipinski definition) is 3. The minimum absolute atomic E-state index is 0.00499. The zero-order chi connectivity index (χ0) is 16.3. The van der Waals surface area contributed by atoms with Gasteiger partial charge in [0.05, 0.1) is 25.8 Å². The van der Waals surface area contributed by atoms with Crippen LogP contribution in [0, 0.1) is 5.82 Å². The van der Waals surface area contributed by atoms with Crippen LogP contribution >= 0.6 is 0 Å². The first-order valence-corrected chi connectivity index (χ1v) is 6.45. The van der Waals surface area contributed by atoms with Crippen molar-refractivity contribution in [3.05, 3.63) is 35.3 Å². The van der Waals surface area contributed by atoms with Gasteiger partial charge in [0.2, 0.25) is 0 Å².